The van der Waals surface area contributed by atoms with Gasteiger partial charge in [0.15, 0.2) is 0 Å². The molecule has 0 unspecified atom stereocenters. The molecule has 1 aliphatic carbocycles. The van der Waals surface area contributed by atoms with Crippen molar-refractivity contribution < 1.29 is 9.59 Å². The molecule has 0 spiro atoms. The molecule has 0 aromatic heterocycles. The molecule has 0 radical (unpaired) electrons. The van der Waals surface area contributed by atoms with Gasteiger partial charge in [-0.15, -0.1) is 0 Å². The number of nitrogens with one attached hydrogen (secondary N) is 3. The van der Waals surface area contributed by atoms with Crippen molar-refractivity contribution in [3.05, 3.63) is 29.8 Å². The molecule has 3 rings (SSSR count). The van der Waals surface area contributed by atoms with E-state index in [1.807, 2.05) is 24.3 Å². The molecule has 0 bridgehead atoms. The normalized spacial score (nSPS) is 23.7. The van der Waals surface area contributed by atoms with Crippen molar-refractivity contribution in [2.75, 3.05) is 18.4 Å². The quantitative estimate of drug-likeness (QED) is 0.794. The van der Waals surface area contributed by atoms with Crippen LogP contribution < -0.4 is 16.0 Å². The molecular weight excluding hydrogens is 304 g/mol. The monoisotopic (exact) mass is 330 g/mol. The minimum atomic E-state index is -0.160. The molecule has 4 amide bonds. The lowest BCUT2D eigenvalue weighted by Gasteiger charge is -2.27. The van der Waals surface area contributed by atoms with Gasteiger partial charge in [0.25, 0.3) is 0 Å². The van der Waals surface area contributed by atoms with E-state index in [1.165, 1.54) is 12.8 Å². The smallest absolute Gasteiger partial charge is 0.319 e. The van der Waals surface area contributed by atoms with Crippen molar-refractivity contribution in [3.63, 3.8) is 0 Å². The summed E-state index contributed by atoms with van der Waals surface area (Å²) in [5.74, 6) is 0.671. The second-order valence-electron chi connectivity index (χ2n) is 6.88. The number of anilines is 1. The Labute approximate surface area is 143 Å². The summed E-state index contributed by atoms with van der Waals surface area (Å²) in [7, 11) is 0. The van der Waals surface area contributed by atoms with Crippen molar-refractivity contribution in [1.82, 2.24) is 15.5 Å². The zero-order chi connectivity index (χ0) is 16.9. The van der Waals surface area contributed by atoms with Gasteiger partial charge in [0, 0.05) is 31.4 Å². The predicted octanol–water partition coefficient (Wildman–Crippen LogP) is 2.91. The third-order valence-electron chi connectivity index (χ3n) is 4.84. The van der Waals surface area contributed by atoms with E-state index in [0.717, 1.165) is 24.1 Å². The van der Waals surface area contributed by atoms with E-state index in [4.69, 9.17) is 0 Å². The van der Waals surface area contributed by atoms with Crippen LogP contribution in [0.5, 0.6) is 0 Å². The van der Waals surface area contributed by atoms with E-state index >= 15 is 0 Å². The highest BCUT2D eigenvalue weighted by atomic mass is 16.2. The Morgan fingerprint density at radius 3 is 2.92 bits per heavy atom. The minimum Gasteiger partial charge on any atom is -0.336 e. The Kier molecular flexibility index (Phi) is 5.23. The first-order valence-electron chi connectivity index (χ1n) is 8.80. The van der Waals surface area contributed by atoms with Crippen LogP contribution in [0.4, 0.5) is 15.3 Å². The zero-order valence-electron chi connectivity index (χ0n) is 14.2. The lowest BCUT2D eigenvalue weighted by molar-refractivity contribution is 0.215. The fourth-order valence-electron chi connectivity index (χ4n) is 3.56. The molecule has 1 heterocycles. The molecule has 1 saturated carbocycles. The fraction of sp³-hybridized carbons (Fsp3) is 0.556. The maximum atomic E-state index is 12.3. The van der Waals surface area contributed by atoms with E-state index in [0.29, 0.717) is 25.6 Å². The molecule has 2 fully saturated rings. The van der Waals surface area contributed by atoms with Gasteiger partial charge in [-0.1, -0.05) is 38.0 Å². The Balaban J connectivity index is 1.60. The molecule has 1 saturated heterocycles. The van der Waals surface area contributed by atoms with Crippen molar-refractivity contribution in [3.8, 4) is 0 Å². The molecular formula is C18H26N4O2. The van der Waals surface area contributed by atoms with Gasteiger partial charge in [-0.3, -0.25) is 0 Å². The molecule has 3 N–H and O–H groups in total. The number of carbonyl (C=O) groups excluding carboxylic acids is 2. The molecule has 1 aromatic carbocycles. The third-order valence-corrected chi connectivity index (χ3v) is 4.84. The first-order valence-corrected chi connectivity index (χ1v) is 8.80. The summed E-state index contributed by atoms with van der Waals surface area (Å²) < 4.78 is 0. The van der Waals surface area contributed by atoms with Crippen LogP contribution in [0.2, 0.25) is 0 Å². The van der Waals surface area contributed by atoms with Gasteiger partial charge in [-0.05, 0) is 30.4 Å². The summed E-state index contributed by atoms with van der Waals surface area (Å²) >= 11 is 0. The highest BCUT2D eigenvalue weighted by Crippen LogP contribution is 2.24. The first-order chi connectivity index (χ1) is 11.6. The SMILES string of the molecule is C[C@H]1CCC[C@@H](NC(=O)Nc2ccccc2CN2CCNC2=O)C1. The van der Waals surface area contributed by atoms with Crippen LogP contribution in [-0.2, 0) is 6.54 Å². The fourth-order valence-corrected chi connectivity index (χ4v) is 3.56. The second-order valence-corrected chi connectivity index (χ2v) is 6.88. The molecule has 24 heavy (non-hydrogen) atoms. The summed E-state index contributed by atoms with van der Waals surface area (Å²) in [6.45, 7) is 4.11. The standard InChI is InChI=1S/C18H26N4O2/c1-13-5-4-7-15(11-13)20-17(23)21-16-8-3-2-6-14(16)12-22-10-9-19-18(22)24/h2-3,6,8,13,15H,4-5,7,9-12H2,1H3,(H,19,24)(H2,20,21,23)/t13-,15+/m0/s1. The van der Waals surface area contributed by atoms with E-state index in [1.54, 1.807) is 4.90 Å². The Bertz CT molecular complexity index is 604. The molecule has 1 aromatic rings. The van der Waals surface area contributed by atoms with Crippen LogP contribution in [0, 0.1) is 5.92 Å². The van der Waals surface area contributed by atoms with Crippen LogP contribution in [0.1, 0.15) is 38.2 Å². The highest BCUT2D eigenvalue weighted by molar-refractivity contribution is 5.90. The molecule has 2 aliphatic rings. The summed E-state index contributed by atoms with van der Waals surface area (Å²) in [6.07, 6.45) is 4.52. The van der Waals surface area contributed by atoms with Crippen LogP contribution in [0.15, 0.2) is 24.3 Å². The second kappa shape index (κ2) is 7.55. The van der Waals surface area contributed by atoms with Crippen molar-refractivity contribution in [2.45, 2.75) is 45.2 Å². The number of nitrogens with zero attached hydrogens (tertiary/aromatic N) is 1. The van der Waals surface area contributed by atoms with Gasteiger partial charge < -0.3 is 20.9 Å². The van der Waals surface area contributed by atoms with E-state index in [-0.39, 0.29) is 18.1 Å². The number of para-hydroxylation sites is 1. The van der Waals surface area contributed by atoms with Crippen LogP contribution >= 0.6 is 0 Å². The lowest BCUT2D eigenvalue weighted by atomic mass is 9.87. The highest BCUT2D eigenvalue weighted by Gasteiger charge is 2.22. The molecule has 130 valence electrons. The van der Waals surface area contributed by atoms with Crippen molar-refractivity contribution in [1.29, 1.82) is 0 Å². The Morgan fingerprint density at radius 1 is 1.33 bits per heavy atom. The summed E-state index contributed by atoms with van der Waals surface area (Å²) in [5.41, 5.74) is 1.71. The largest absolute Gasteiger partial charge is 0.336 e. The minimum absolute atomic E-state index is 0.0505. The molecule has 6 heteroatoms. The summed E-state index contributed by atoms with van der Waals surface area (Å²) in [6, 6.07) is 7.69. The van der Waals surface area contributed by atoms with Gasteiger partial charge >= 0.3 is 12.1 Å². The maximum Gasteiger partial charge on any atom is 0.319 e. The van der Waals surface area contributed by atoms with Gasteiger partial charge in [-0.2, -0.15) is 0 Å². The number of benzene rings is 1. The van der Waals surface area contributed by atoms with Gasteiger partial charge in [0.1, 0.15) is 0 Å². The van der Waals surface area contributed by atoms with E-state index in [2.05, 4.69) is 22.9 Å². The topological polar surface area (TPSA) is 73.5 Å². The maximum absolute atomic E-state index is 12.3. The van der Waals surface area contributed by atoms with Crippen LogP contribution in [0.3, 0.4) is 0 Å². The average molecular weight is 330 g/mol. The summed E-state index contributed by atoms with van der Waals surface area (Å²) in [5, 5.41) is 8.83. The Hall–Kier alpha value is -2.24. The molecule has 2 atom stereocenters. The number of amides is 4. The average Bonchev–Trinajstić information content (AvgIpc) is 2.94. The van der Waals surface area contributed by atoms with Crippen molar-refractivity contribution in [2.24, 2.45) is 5.92 Å². The number of urea groups is 2. The van der Waals surface area contributed by atoms with Crippen LogP contribution in [-0.4, -0.2) is 36.1 Å². The number of hydrogen-bond acceptors (Lipinski definition) is 2. The number of hydrogen-bond donors (Lipinski definition) is 3. The predicted molar refractivity (Wildman–Crippen MR) is 93.8 cm³/mol. The molecule has 6 nitrogen and oxygen atoms in total. The van der Waals surface area contributed by atoms with E-state index in [9.17, 15) is 9.59 Å². The van der Waals surface area contributed by atoms with E-state index < -0.39 is 0 Å². The zero-order valence-corrected chi connectivity index (χ0v) is 14.2. The van der Waals surface area contributed by atoms with Crippen molar-refractivity contribution >= 4 is 17.7 Å². The van der Waals surface area contributed by atoms with Gasteiger partial charge in [0.05, 0.1) is 0 Å². The lowest BCUT2D eigenvalue weighted by Crippen LogP contribution is -2.40. The molecule has 1 aliphatic heterocycles. The Morgan fingerprint density at radius 2 is 2.17 bits per heavy atom. The number of rotatable bonds is 4. The van der Waals surface area contributed by atoms with Gasteiger partial charge in [-0.25, -0.2) is 9.59 Å². The summed E-state index contributed by atoms with van der Waals surface area (Å²) in [4.78, 5) is 25.8. The number of carbonyl (C=O) groups is 2. The third kappa shape index (κ3) is 4.19. The van der Waals surface area contributed by atoms with Gasteiger partial charge in [0.2, 0.25) is 0 Å². The first kappa shape index (κ1) is 16.6. The van der Waals surface area contributed by atoms with Crippen LogP contribution in [0.25, 0.3) is 0 Å².